The predicted molar refractivity (Wildman–Crippen MR) is 119 cm³/mol. The molecular formula is C20H34N9+. The minimum atomic E-state index is 0.214. The maximum atomic E-state index is 5.47. The second kappa shape index (κ2) is 11.7. The van der Waals surface area contributed by atoms with Crippen molar-refractivity contribution in [3.8, 4) is 0 Å². The first kappa shape index (κ1) is 22.2. The van der Waals surface area contributed by atoms with Crippen LogP contribution in [0.5, 0.6) is 0 Å². The quantitative estimate of drug-likeness (QED) is 0.196. The van der Waals surface area contributed by atoms with Crippen LogP contribution in [-0.2, 0) is 13.1 Å². The fourth-order valence-corrected chi connectivity index (χ4v) is 2.78. The molecule has 0 saturated carbocycles. The molecule has 0 spiro atoms. The summed E-state index contributed by atoms with van der Waals surface area (Å²) in [6, 6.07) is 8.18. The first-order valence-electron chi connectivity index (χ1n) is 10.2. The molecule has 2 aromatic rings. The minimum absolute atomic E-state index is 0.214. The molecule has 0 unspecified atom stereocenters. The van der Waals surface area contributed by atoms with E-state index in [1.807, 2.05) is 12.1 Å². The number of hydrogen-bond donors (Lipinski definition) is 5. The number of unbranched alkanes of at least 4 members (excludes halogenated alkanes) is 1. The summed E-state index contributed by atoms with van der Waals surface area (Å²) in [6.45, 7) is 10.0. The van der Waals surface area contributed by atoms with E-state index in [9.17, 15) is 0 Å². The van der Waals surface area contributed by atoms with Crippen molar-refractivity contribution in [3.05, 3.63) is 35.4 Å². The van der Waals surface area contributed by atoms with Crippen molar-refractivity contribution in [1.29, 1.82) is 0 Å². The van der Waals surface area contributed by atoms with E-state index in [1.54, 1.807) is 0 Å². The highest BCUT2D eigenvalue weighted by Gasteiger charge is 2.11. The molecule has 1 aromatic carbocycles. The van der Waals surface area contributed by atoms with Gasteiger partial charge in [-0.2, -0.15) is 15.0 Å². The van der Waals surface area contributed by atoms with Crippen LogP contribution < -0.4 is 32.0 Å². The van der Waals surface area contributed by atoms with Crippen LogP contribution in [0.4, 0.5) is 17.8 Å². The molecule has 0 fully saturated rings. The first-order valence-corrected chi connectivity index (χ1v) is 10.2. The lowest BCUT2D eigenvalue weighted by Gasteiger charge is -2.20. The monoisotopic (exact) mass is 400 g/mol. The van der Waals surface area contributed by atoms with Crippen LogP contribution in [-0.4, -0.2) is 40.5 Å². The molecule has 0 amide bonds. The van der Waals surface area contributed by atoms with Gasteiger partial charge in [-0.1, -0.05) is 37.6 Å². The molecule has 9 nitrogen and oxygen atoms in total. The maximum Gasteiger partial charge on any atom is 0.339 e. The average Bonchev–Trinajstić information content (AvgIpc) is 2.72. The molecule has 0 aliphatic carbocycles. The Kier molecular flexibility index (Phi) is 8.94. The van der Waals surface area contributed by atoms with Gasteiger partial charge in [-0.25, -0.2) is 0 Å². The summed E-state index contributed by atoms with van der Waals surface area (Å²) in [5.74, 6) is 2.05. The summed E-state index contributed by atoms with van der Waals surface area (Å²) < 4.78 is 0. The van der Waals surface area contributed by atoms with E-state index < -0.39 is 0 Å². The summed E-state index contributed by atoms with van der Waals surface area (Å²) in [5, 5.41) is 6.62. The van der Waals surface area contributed by atoms with Gasteiger partial charge in [0.05, 0.1) is 6.54 Å². The van der Waals surface area contributed by atoms with Crippen LogP contribution in [0, 0.1) is 0 Å². The normalized spacial score (nSPS) is 10.4. The lowest BCUT2D eigenvalue weighted by molar-refractivity contribution is -0.477. The Labute approximate surface area is 173 Å². The highest BCUT2D eigenvalue weighted by molar-refractivity contribution is 5.69. The number of nitrogens with zero attached hydrogens (tertiary/aromatic N) is 4. The number of aromatic nitrogens is 3. The number of hydrogen-bond acceptors (Lipinski definition) is 6. The minimum Gasteiger partial charge on any atom is -0.354 e. The molecule has 1 aromatic heterocycles. The van der Waals surface area contributed by atoms with Crippen LogP contribution in [0.15, 0.2) is 24.3 Å². The van der Waals surface area contributed by atoms with E-state index in [4.69, 9.17) is 11.5 Å². The lowest BCUT2D eigenvalue weighted by Crippen LogP contribution is -2.76. The third kappa shape index (κ3) is 7.44. The number of rotatable bonds is 12. The van der Waals surface area contributed by atoms with Crippen molar-refractivity contribution >= 4 is 23.8 Å². The lowest BCUT2D eigenvalue weighted by atomic mass is 10.1. The van der Waals surface area contributed by atoms with Crippen LogP contribution >= 0.6 is 0 Å². The van der Waals surface area contributed by atoms with Crippen molar-refractivity contribution in [1.82, 2.24) is 15.0 Å². The van der Waals surface area contributed by atoms with Gasteiger partial charge < -0.3 is 15.5 Å². The van der Waals surface area contributed by atoms with E-state index in [-0.39, 0.29) is 5.96 Å². The molecule has 158 valence electrons. The molecule has 0 saturated heterocycles. The van der Waals surface area contributed by atoms with Crippen LogP contribution in [0.3, 0.4) is 0 Å². The third-order valence-electron chi connectivity index (χ3n) is 4.42. The summed E-state index contributed by atoms with van der Waals surface area (Å²) in [4.78, 5) is 18.8. The molecule has 9 heteroatoms. The Balaban J connectivity index is 2.14. The van der Waals surface area contributed by atoms with Gasteiger partial charge >= 0.3 is 5.96 Å². The first-order chi connectivity index (χ1) is 14.0. The second-order valence-electron chi connectivity index (χ2n) is 6.72. The number of anilines is 3. The Hall–Kier alpha value is -3.10. The van der Waals surface area contributed by atoms with Crippen LogP contribution in [0.1, 0.15) is 44.7 Å². The van der Waals surface area contributed by atoms with Crippen molar-refractivity contribution in [3.63, 3.8) is 0 Å². The topological polar surface area (TPSA) is 132 Å². The van der Waals surface area contributed by atoms with Gasteiger partial charge in [0.2, 0.25) is 17.8 Å². The van der Waals surface area contributed by atoms with Gasteiger partial charge in [0, 0.05) is 26.2 Å². The predicted octanol–water partition coefficient (Wildman–Crippen LogP) is 0.396. The van der Waals surface area contributed by atoms with Gasteiger partial charge in [0.1, 0.15) is 0 Å². The average molecular weight is 401 g/mol. The van der Waals surface area contributed by atoms with Crippen molar-refractivity contribution < 1.29 is 4.99 Å². The highest BCUT2D eigenvalue weighted by Crippen LogP contribution is 2.15. The molecule has 0 aliphatic heterocycles. The van der Waals surface area contributed by atoms with E-state index in [2.05, 4.69) is 68.4 Å². The molecular weight excluding hydrogens is 366 g/mol. The maximum absolute atomic E-state index is 5.47. The zero-order chi connectivity index (χ0) is 21.1. The van der Waals surface area contributed by atoms with E-state index >= 15 is 0 Å². The molecule has 0 bridgehead atoms. The molecule has 7 N–H and O–H groups in total. The molecule has 0 aliphatic rings. The van der Waals surface area contributed by atoms with E-state index in [1.165, 1.54) is 0 Å². The third-order valence-corrected chi connectivity index (χ3v) is 4.42. The molecule has 2 rings (SSSR count). The number of nitrogens with one attached hydrogen (secondary N) is 3. The fraction of sp³-hybridized carbons (Fsp3) is 0.500. The Bertz CT molecular complexity index is 783. The molecule has 0 atom stereocenters. The van der Waals surface area contributed by atoms with E-state index in [0.29, 0.717) is 30.9 Å². The molecule has 0 radical (unpaired) electrons. The zero-order valence-electron chi connectivity index (χ0n) is 17.7. The van der Waals surface area contributed by atoms with Gasteiger partial charge in [-0.15, -0.1) is 0 Å². The van der Waals surface area contributed by atoms with Gasteiger partial charge in [-0.3, -0.25) is 16.5 Å². The van der Waals surface area contributed by atoms with Crippen molar-refractivity contribution in [2.24, 2.45) is 11.5 Å². The van der Waals surface area contributed by atoms with Crippen LogP contribution in [0.25, 0.3) is 0 Å². The summed E-state index contributed by atoms with van der Waals surface area (Å²) in [5.41, 5.74) is 13.2. The Morgan fingerprint density at radius 2 is 1.69 bits per heavy atom. The van der Waals surface area contributed by atoms with Gasteiger partial charge in [0.15, 0.2) is 0 Å². The Morgan fingerprint density at radius 3 is 2.34 bits per heavy atom. The summed E-state index contributed by atoms with van der Waals surface area (Å²) in [6.07, 6.45) is 2.19. The smallest absolute Gasteiger partial charge is 0.339 e. The standard InChI is InChI=1S/C20H33N9/c1-4-7-11-23-18-26-19(28-20(27-18)29(5-2)6-3)25-14-16-10-8-9-15(12-16)13-24-17(21)22/h8-10,12H,4-7,11,13-14H2,1-3H3,(H4,21,22,24)(H2,23,25,26,27,28)/p+1. The van der Waals surface area contributed by atoms with Gasteiger partial charge in [0.25, 0.3) is 0 Å². The SMILES string of the molecule is CCCCNc1nc(NCc2cccc(C[NH+]=C(N)N)c2)nc(N(CC)CC)n1. The van der Waals surface area contributed by atoms with Crippen molar-refractivity contribution in [2.75, 3.05) is 35.2 Å². The number of guanidine groups is 1. The number of benzene rings is 1. The van der Waals surface area contributed by atoms with Crippen LogP contribution in [0.2, 0.25) is 0 Å². The fourth-order valence-electron chi connectivity index (χ4n) is 2.78. The zero-order valence-corrected chi connectivity index (χ0v) is 17.7. The summed E-state index contributed by atoms with van der Waals surface area (Å²) in [7, 11) is 0. The Morgan fingerprint density at radius 1 is 1.00 bits per heavy atom. The largest absolute Gasteiger partial charge is 0.354 e. The van der Waals surface area contributed by atoms with E-state index in [0.717, 1.165) is 43.6 Å². The second-order valence-corrected chi connectivity index (χ2v) is 6.72. The van der Waals surface area contributed by atoms with Crippen molar-refractivity contribution in [2.45, 2.75) is 46.7 Å². The summed E-state index contributed by atoms with van der Waals surface area (Å²) >= 11 is 0. The highest BCUT2D eigenvalue weighted by atomic mass is 15.3. The molecule has 29 heavy (non-hydrogen) atoms. The van der Waals surface area contributed by atoms with Gasteiger partial charge in [-0.05, 0) is 31.4 Å². The number of nitrogens with two attached hydrogens (primary N) is 2. The molecule has 1 heterocycles.